The molecular weight excluding hydrogens is 206 g/mol. The van der Waals surface area contributed by atoms with E-state index in [1.807, 2.05) is 6.92 Å². The van der Waals surface area contributed by atoms with Gasteiger partial charge in [0.2, 0.25) is 0 Å². The molecule has 0 amide bonds. The monoisotopic (exact) mass is 219 g/mol. The summed E-state index contributed by atoms with van der Waals surface area (Å²) in [4.78, 5) is 0. The van der Waals surface area contributed by atoms with Gasteiger partial charge in [0, 0.05) is 5.56 Å². The molecule has 84 valence electrons. The summed E-state index contributed by atoms with van der Waals surface area (Å²) in [6.45, 7) is 2.58. The molecule has 1 rings (SSSR count). The highest BCUT2D eigenvalue weighted by molar-refractivity contribution is 5.80. The molecule has 0 heterocycles. The first-order valence-electron chi connectivity index (χ1n) is 4.82. The molecule has 0 aromatic heterocycles. The van der Waals surface area contributed by atoms with Crippen LogP contribution in [0, 0.1) is 12.3 Å². The number of benzene rings is 1. The maximum Gasteiger partial charge on any atom is 0.162 e. The van der Waals surface area contributed by atoms with E-state index in [-0.39, 0.29) is 6.61 Å². The molecule has 0 atom stereocenters. The van der Waals surface area contributed by atoms with Crippen LogP contribution in [0.1, 0.15) is 12.5 Å². The molecule has 0 radical (unpaired) electrons. The van der Waals surface area contributed by atoms with Gasteiger partial charge in [0.15, 0.2) is 11.5 Å². The van der Waals surface area contributed by atoms with Crippen molar-refractivity contribution < 1.29 is 14.7 Å². The fourth-order valence-corrected chi connectivity index (χ4v) is 1.18. The van der Waals surface area contributed by atoms with E-state index in [1.54, 1.807) is 18.2 Å². The molecule has 0 unspecified atom stereocenters. The summed E-state index contributed by atoms with van der Waals surface area (Å²) in [5.41, 5.74) is 0.721. The number of ether oxygens (including phenoxy) is 2. The smallest absolute Gasteiger partial charge is 0.162 e. The van der Waals surface area contributed by atoms with E-state index in [0.717, 1.165) is 5.56 Å². The lowest BCUT2D eigenvalue weighted by Crippen LogP contribution is -1.99. The zero-order valence-corrected chi connectivity index (χ0v) is 9.01. The van der Waals surface area contributed by atoms with Crippen LogP contribution in [-0.2, 0) is 0 Å². The molecule has 4 nitrogen and oxygen atoms in total. The Morgan fingerprint density at radius 2 is 2.25 bits per heavy atom. The molecule has 1 aromatic rings. The van der Waals surface area contributed by atoms with Crippen LogP contribution in [0.15, 0.2) is 23.4 Å². The fourth-order valence-electron chi connectivity index (χ4n) is 1.18. The number of oxime groups is 1. The second kappa shape index (κ2) is 6.36. The second-order valence-corrected chi connectivity index (χ2v) is 2.88. The lowest BCUT2D eigenvalue weighted by molar-refractivity contribution is 0.299. The largest absolute Gasteiger partial charge is 0.490 e. The van der Waals surface area contributed by atoms with Gasteiger partial charge in [-0.2, -0.15) is 0 Å². The van der Waals surface area contributed by atoms with Gasteiger partial charge in [0.05, 0.1) is 12.8 Å². The minimum absolute atomic E-state index is 0.188. The van der Waals surface area contributed by atoms with Crippen molar-refractivity contribution >= 4 is 6.21 Å². The Balaban J connectivity index is 2.94. The molecule has 0 fully saturated rings. The third kappa shape index (κ3) is 3.21. The van der Waals surface area contributed by atoms with Crippen LogP contribution in [0.25, 0.3) is 0 Å². The number of nitrogens with zero attached hydrogens (tertiary/aromatic N) is 1. The summed E-state index contributed by atoms with van der Waals surface area (Å²) in [6, 6.07) is 5.18. The molecule has 0 aliphatic heterocycles. The first kappa shape index (κ1) is 11.9. The summed E-state index contributed by atoms with van der Waals surface area (Å²) in [6.07, 6.45) is 6.42. The van der Waals surface area contributed by atoms with Crippen molar-refractivity contribution in [1.82, 2.24) is 0 Å². The Kier molecular flexibility index (Phi) is 4.74. The van der Waals surface area contributed by atoms with Crippen molar-refractivity contribution in [3.63, 3.8) is 0 Å². The molecule has 0 saturated heterocycles. The van der Waals surface area contributed by atoms with Crippen LogP contribution in [-0.4, -0.2) is 24.6 Å². The third-order valence-electron chi connectivity index (χ3n) is 1.79. The van der Waals surface area contributed by atoms with Gasteiger partial charge in [0.1, 0.15) is 6.61 Å². The van der Waals surface area contributed by atoms with Crippen molar-refractivity contribution in [1.29, 1.82) is 0 Å². The van der Waals surface area contributed by atoms with E-state index in [2.05, 4.69) is 11.1 Å². The van der Waals surface area contributed by atoms with Crippen molar-refractivity contribution in [2.75, 3.05) is 13.2 Å². The van der Waals surface area contributed by atoms with E-state index in [9.17, 15) is 0 Å². The Morgan fingerprint density at radius 3 is 2.88 bits per heavy atom. The second-order valence-electron chi connectivity index (χ2n) is 2.88. The van der Waals surface area contributed by atoms with Gasteiger partial charge in [-0.05, 0) is 25.1 Å². The highest BCUT2D eigenvalue weighted by Gasteiger charge is 2.05. The SMILES string of the molecule is C#CCOc1ccc(C=NO)cc1OCC. The summed E-state index contributed by atoms with van der Waals surface area (Å²) < 4.78 is 10.7. The molecule has 1 N–H and O–H groups in total. The molecule has 0 aliphatic rings. The maximum atomic E-state index is 8.42. The Morgan fingerprint density at radius 1 is 1.44 bits per heavy atom. The van der Waals surface area contributed by atoms with Crippen LogP contribution in [0.3, 0.4) is 0 Å². The van der Waals surface area contributed by atoms with Crippen molar-refractivity contribution in [2.24, 2.45) is 5.16 Å². The summed E-state index contributed by atoms with van der Waals surface area (Å²) in [5.74, 6) is 3.54. The third-order valence-corrected chi connectivity index (χ3v) is 1.79. The van der Waals surface area contributed by atoms with Crippen molar-refractivity contribution in [2.45, 2.75) is 6.92 Å². The standard InChI is InChI=1S/C12H13NO3/c1-3-7-16-11-6-5-10(9-13-14)8-12(11)15-4-2/h1,5-6,8-9,14H,4,7H2,2H3. The predicted molar refractivity (Wildman–Crippen MR) is 61.3 cm³/mol. The zero-order valence-electron chi connectivity index (χ0n) is 9.01. The number of hydrogen-bond acceptors (Lipinski definition) is 4. The van der Waals surface area contributed by atoms with Gasteiger partial charge < -0.3 is 14.7 Å². The molecule has 0 aliphatic carbocycles. The van der Waals surface area contributed by atoms with E-state index < -0.39 is 0 Å². The molecule has 4 heteroatoms. The molecule has 0 bridgehead atoms. The topological polar surface area (TPSA) is 51.0 Å². The molecule has 16 heavy (non-hydrogen) atoms. The Hall–Kier alpha value is -2.15. The van der Waals surface area contributed by atoms with Crippen molar-refractivity contribution in [3.05, 3.63) is 23.8 Å². The van der Waals surface area contributed by atoms with E-state index in [1.165, 1.54) is 6.21 Å². The maximum absolute atomic E-state index is 8.42. The minimum Gasteiger partial charge on any atom is -0.490 e. The van der Waals surface area contributed by atoms with Gasteiger partial charge in [0.25, 0.3) is 0 Å². The van der Waals surface area contributed by atoms with Gasteiger partial charge in [-0.25, -0.2) is 0 Å². The summed E-state index contributed by atoms with van der Waals surface area (Å²) >= 11 is 0. The van der Waals surface area contributed by atoms with Crippen LogP contribution >= 0.6 is 0 Å². The molecule has 1 aromatic carbocycles. The zero-order chi connectivity index (χ0) is 11.8. The molecular formula is C12H13NO3. The van der Waals surface area contributed by atoms with Gasteiger partial charge >= 0.3 is 0 Å². The first-order valence-corrected chi connectivity index (χ1v) is 4.82. The minimum atomic E-state index is 0.188. The van der Waals surface area contributed by atoms with Gasteiger partial charge in [-0.3, -0.25) is 0 Å². The Labute approximate surface area is 94.5 Å². The van der Waals surface area contributed by atoms with Crippen LogP contribution in [0.5, 0.6) is 11.5 Å². The van der Waals surface area contributed by atoms with Crippen LogP contribution in [0.4, 0.5) is 0 Å². The average Bonchev–Trinajstić information content (AvgIpc) is 2.29. The number of terminal acetylenes is 1. The molecule has 0 saturated carbocycles. The highest BCUT2D eigenvalue weighted by atomic mass is 16.5. The average molecular weight is 219 g/mol. The van der Waals surface area contributed by atoms with E-state index in [0.29, 0.717) is 18.1 Å². The van der Waals surface area contributed by atoms with Crippen LogP contribution in [0.2, 0.25) is 0 Å². The fraction of sp³-hybridized carbons (Fsp3) is 0.250. The number of hydrogen-bond donors (Lipinski definition) is 1. The number of rotatable bonds is 5. The normalized spacial score (nSPS) is 10.0. The van der Waals surface area contributed by atoms with Gasteiger partial charge in [-0.15, -0.1) is 6.42 Å². The van der Waals surface area contributed by atoms with Crippen molar-refractivity contribution in [3.8, 4) is 23.8 Å². The van der Waals surface area contributed by atoms with Gasteiger partial charge in [-0.1, -0.05) is 11.1 Å². The Bertz CT molecular complexity index is 407. The lowest BCUT2D eigenvalue weighted by atomic mass is 10.2. The van der Waals surface area contributed by atoms with Crippen LogP contribution < -0.4 is 9.47 Å². The first-order chi connectivity index (χ1) is 7.81. The highest BCUT2D eigenvalue weighted by Crippen LogP contribution is 2.27. The van der Waals surface area contributed by atoms with E-state index in [4.69, 9.17) is 21.1 Å². The predicted octanol–water partition coefficient (Wildman–Crippen LogP) is 1.91. The quantitative estimate of drug-likeness (QED) is 0.356. The lowest BCUT2D eigenvalue weighted by Gasteiger charge is -2.10. The summed E-state index contributed by atoms with van der Waals surface area (Å²) in [5, 5.41) is 11.4. The summed E-state index contributed by atoms with van der Waals surface area (Å²) in [7, 11) is 0. The molecule has 0 spiro atoms. The van der Waals surface area contributed by atoms with E-state index >= 15 is 0 Å².